The summed E-state index contributed by atoms with van der Waals surface area (Å²) in [4.78, 5) is 2.93. The van der Waals surface area contributed by atoms with E-state index in [0.717, 1.165) is 10.9 Å². The Morgan fingerprint density at radius 2 is 2.00 bits per heavy atom. The van der Waals surface area contributed by atoms with E-state index in [1.54, 1.807) is 6.07 Å². The van der Waals surface area contributed by atoms with E-state index in [9.17, 15) is 8.42 Å². The van der Waals surface area contributed by atoms with Crippen LogP contribution >= 0.6 is 0 Å². The van der Waals surface area contributed by atoms with Crippen molar-refractivity contribution in [2.45, 2.75) is 0 Å². The highest BCUT2D eigenvalue weighted by molar-refractivity contribution is 7.73. The Labute approximate surface area is 76.7 Å². The van der Waals surface area contributed by atoms with Crippen LogP contribution in [-0.4, -0.2) is 13.4 Å². The molecule has 0 spiro atoms. The lowest BCUT2D eigenvalue weighted by Gasteiger charge is -1.89. The van der Waals surface area contributed by atoms with Gasteiger partial charge in [0, 0.05) is 10.9 Å². The first-order valence-electron chi connectivity index (χ1n) is 3.74. The quantitative estimate of drug-likeness (QED) is 0.630. The number of rotatable bonds is 2. The Balaban J connectivity index is 2.49. The van der Waals surface area contributed by atoms with Crippen molar-refractivity contribution < 1.29 is 8.42 Å². The first-order valence-corrected chi connectivity index (χ1v) is 4.92. The molecule has 2 N–H and O–H groups in total. The lowest BCUT2D eigenvalue weighted by atomic mass is 10.3. The van der Waals surface area contributed by atoms with Crippen molar-refractivity contribution in [3.8, 4) is 0 Å². The van der Waals surface area contributed by atoms with Crippen LogP contribution < -0.4 is 4.72 Å². The number of aromatic nitrogens is 1. The van der Waals surface area contributed by atoms with E-state index < -0.39 is 10.9 Å². The van der Waals surface area contributed by atoms with Crippen LogP contribution in [0, 0.1) is 0 Å². The minimum atomic E-state index is -2.59. The summed E-state index contributed by atoms with van der Waals surface area (Å²) >= 11 is 0. The monoisotopic (exact) mass is 196 g/mol. The Morgan fingerprint density at radius 1 is 1.23 bits per heavy atom. The van der Waals surface area contributed by atoms with Crippen LogP contribution in [0.3, 0.4) is 0 Å². The third kappa shape index (κ3) is 1.65. The molecule has 2 aromatic rings. The van der Waals surface area contributed by atoms with Gasteiger partial charge in [0.2, 0.25) is 10.9 Å². The maximum absolute atomic E-state index is 10.4. The van der Waals surface area contributed by atoms with Gasteiger partial charge in [-0.25, -0.2) is 8.42 Å². The van der Waals surface area contributed by atoms with E-state index in [1.165, 1.54) is 0 Å². The minimum Gasteiger partial charge on any atom is -0.341 e. The maximum Gasteiger partial charge on any atom is 0.223 e. The molecule has 2 rings (SSSR count). The molecule has 0 aliphatic heterocycles. The highest BCUT2D eigenvalue weighted by atomic mass is 32.2. The molecule has 0 saturated carbocycles. The van der Waals surface area contributed by atoms with Gasteiger partial charge < -0.3 is 4.98 Å². The molecule has 0 amide bonds. The summed E-state index contributed by atoms with van der Waals surface area (Å²) in [6.07, 6.45) is 0. The first kappa shape index (κ1) is 8.12. The Kier molecular flexibility index (Phi) is 1.94. The molecule has 0 radical (unpaired) electrons. The molecular formula is C8H8N2O2S. The van der Waals surface area contributed by atoms with Crippen molar-refractivity contribution in [2.24, 2.45) is 0 Å². The molecule has 4 nitrogen and oxygen atoms in total. The molecule has 1 aromatic heterocycles. The molecule has 1 heterocycles. The molecule has 0 aliphatic rings. The van der Waals surface area contributed by atoms with Gasteiger partial charge in [-0.3, -0.25) is 4.72 Å². The lowest BCUT2D eigenvalue weighted by Crippen LogP contribution is -1.93. The number of hydrogen-bond donors (Lipinski definition) is 3. The molecule has 5 heteroatoms. The number of nitrogens with one attached hydrogen (secondary N) is 2. The molecule has 0 saturated heterocycles. The molecule has 0 bridgehead atoms. The van der Waals surface area contributed by atoms with Crippen molar-refractivity contribution >= 4 is 27.6 Å². The highest BCUT2D eigenvalue weighted by Crippen LogP contribution is 2.17. The summed E-state index contributed by atoms with van der Waals surface area (Å²) in [6, 6.07) is 9.34. The second-order valence-electron chi connectivity index (χ2n) is 2.64. The van der Waals surface area contributed by atoms with Gasteiger partial charge in [0.1, 0.15) is 5.82 Å². The maximum atomic E-state index is 10.4. The van der Waals surface area contributed by atoms with Gasteiger partial charge in [0.25, 0.3) is 0 Å². The fraction of sp³-hybridized carbons (Fsp3) is 0. The summed E-state index contributed by atoms with van der Waals surface area (Å²) in [5.41, 5.74) is 0.918. The number of benzene rings is 1. The number of para-hydroxylation sites is 1. The minimum absolute atomic E-state index is 0.498. The topological polar surface area (TPSA) is 62.0 Å². The zero-order valence-electron chi connectivity index (χ0n) is 6.65. The SMILES string of the molecule is O=[SH](=O)Nc1cc2ccccc2[nH]1. The van der Waals surface area contributed by atoms with Gasteiger partial charge in [0.05, 0.1) is 0 Å². The molecule has 13 heavy (non-hydrogen) atoms. The fourth-order valence-corrected chi connectivity index (χ4v) is 1.55. The average Bonchev–Trinajstić information content (AvgIpc) is 2.44. The Morgan fingerprint density at radius 3 is 2.69 bits per heavy atom. The van der Waals surface area contributed by atoms with E-state index in [4.69, 9.17) is 0 Å². The van der Waals surface area contributed by atoms with Crippen LogP contribution in [0.5, 0.6) is 0 Å². The van der Waals surface area contributed by atoms with Crippen molar-refractivity contribution in [3.63, 3.8) is 0 Å². The summed E-state index contributed by atoms with van der Waals surface area (Å²) in [5, 5.41) is 0.988. The molecular weight excluding hydrogens is 188 g/mol. The summed E-state index contributed by atoms with van der Waals surface area (Å²) in [6.45, 7) is 0. The van der Waals surface area contributed by atoms with Gasteiger partial charge in [-0.1, -0.05) is 18.2 Å². The van der Waals surface area contributed by atoms with Crippen molar-refractivity contribution in [2.75, 3.05) is 4.72 Å². The number of thiol groups is 1. The van der Waals surface area contributed by atoms with E-state index in [-0.39, 0.29) is 0 Å². The lowest BCUT2D eigenvalue weighted by molar-refractivity contribution is 0.619. The third-order valence-electron chi connectivity index (χ3n) is 1.74. The summed E-state index contributed by atoms with van der Waals surface area (Å²) in [5.74, 6) is 0.498. The summed E-state index contributed by atoms with van der Waals surface area (Å²) < 4.78 is 23.0. The van der Waals surface area contributed by atoms with Crippen LogP contribution in [0.25, 0.3) is 10.9 Å². The van der Waals surface area contributed by atoms with Gasteiger partial charge in [-0.05, 0) is 12.1 Å². The van der Waals surface area contributed by atoms with Crippen molar-refractivity contribution in [1.29, 1.82) is 0 Å². The van der Waals surface area contributed by atoms with Crippen molar-refractivity contribution in [3.05, 3.63) is 30.3 Å². The number of fused-ring (bicyclic) bond motifs is 1. The largest absolute Gasteiger partial charge is 0.341 e. The van der Waals surface area contributed by atoms with Crippen LogP contribution in [0.1, 0.15) is 0 Å². The van der Waals surface area contributed by atoms with Gasteiger partial charge in [-0.15, -0.1) is 0 Å². The molecule has 68 valence electrons. The second-order valence-corrected chi connectivity index (χ2v) is 3.38. The normalized spacial score (nSPS) is 10.8. The zero-order chi connectivity index (χ0) is 9.26. The van der Waals surface area contributed by atoms with Gasteiger partial charge >= 0.3 is 0 Å². The number of H-pyrrole nitrogens is 1. The zero-order valence-corrected chi connectivity index (χ0v) is 7.54. The number of hydrogen-bond acceptors (Lipinski definition) is 2. The van der Waals surface area contributed by atoms with Crippen molar-refractivity contribution in [1.82, 2.24) is 4.98 Å². The van der Waals surface area contributed by atoms with E-state index in [0.29, 0.717) is 5.82 Å². The summed E-state index contributed by atoms with van der Waals surface area (Å²) in [7, 11) is -2.59. The van der Waals surface area contributed by atoms with Crippen LogP contribution in [-0.2, 0) is 10.9 Å². The molecule has 0 fully saturated rings. The predicted octanol–water partition coefficient (Wildman–Crippen LogP) is 1.11. The first-order chi connectivity index (χ1) is 6.25. The standard InChI is InChI=1S/C8H8N2O2S/c11-13(12)10-8-5-6-3-1-2-4-7(6)9-8/h1-5,9,13H,(H,10,11,12). The second kappa shape index (κ2) is 3.10. The van der Waals surface area contributed by atoms with E-state index in [2.05, 4.69) is 9.71 Å². The van der Waals surface area contributed by atoms with Crippen LogP contribution in [0.4, 0.5) is 5.82 Å². The Bertz CT molecular complexity index is 461. The smallest absolute Gasteiger partial charge is 0.223 e. The Hall–Kier alpha value is -1.49. The molecule has 0 aliphatic carbocycles. The molecule has 1 aromatic carbocycles. The van der Waals surface area contributed by atoms with Gasteiger partial charge in [-0.2, -0.15) is 0 Å². The van der Waals surface area contributed by atoms with E-state index >= 15 is 0 Å². The predicted molar refractivity (Wildman–Crippen MR) is 52.2 cm³/mol. The number of anilines is 1. The van der Waals surface area contributed by atoms with E-state index in [1.807, 2.05) is 24.3 Å². The van der Waals surface area contributed by atoms with Crippen LogP contribution in [0.2, 0.25) is 0 Å². The fourth-order valence-electron chi connectivity index (χ4n) is 1.23. The number of aromatic amines is 1. The van der Waals surface area contributed by atoms with Crippen LogP contribution in [0.15, 0.2) is 30.3 Å². The highest BCUT2D eigenvalue weighted by Gasteiger charge is 1.98. The average molecular weight is 196 g/mol. The van der Waals surface area contributed by atoms with Gasteiger partial charge in [0.15, 0.2) is 0 Å². The third-order valence-corrected chi connectivity index (χ3v) is 2.17. The molecule has 0 unspecified atom stereocenters. The molecule has 0 atom stereocenters.